The number of fused-ring (bicyclic) bond motifs is 1. The third-order valence-corrected chi connectivity index (χ3v) is 5.28. The van der Waals surface area contributed by atoms with Crippen molar-refractivity contribution >= 4 is 38.9 Å². The molecule has 0 saturated heterocycles. The summed E-state index contributed by atoms with van der Waals surface area (Å²) in [6.07, 6.45) is 1.60. The molecule has 22 heavy (non-hydrogen) atoms. The second kappa shape index (κ2) is 5.89. The number of imidazole rings is 1. The van der Waals surface area contributed by atoms with Gasteiger partial charge in [-0.25, -0.2) is 18.1 Å². The van der Waals surface area contributed by atoms with E-state index < -0.39 is 10.0 Å². The fraction of sp³-hybridized carbons (Fsp3) is 0.0714. The Kier molecular flexibility index (Phi) is 4.10. The predicted octanol–water partition coefficient (Wildman–Crippen LogP) is 3.12. The van der Waals surface area contributed by atoms with Crippen molar-refractivity contribution in [3.8, 4) is 0 Å². The number of aromatic nitrogens is 2. The molecule has 0 aliphatic heterocycles. The van der Waals surface area contributed by atoms with Gasteiger partial charge in [-0.3, -0.25) is 4.40 Å². The zero-order valence-corrected chi connectivity index (χ0v) is 13.5. The SMILES string of the molecule is O=S(=O)(NCc1ccccc1Cl)c1c(Cl)nc2ccccn12. The molecule has 0 amide bonds. The summed E-state index contributed by atoms with van der Waals surface area (Å²) in [6.45, 7) is 0.0679. The van der Waals surface area contributed by atoms with E-state index in [-0.39, 0.29) is 16.7 Å². The minimum absolute atomic E-state index is 0.0679. The highest BCUT2D eigenvalue weighted by atomic mass is 35.5. The van der Waals surface area contributed by atoms with Crippen LogP contribution in [0.5, 0.6) is 0 Å². The fourth-order valence-corrected chi connectivity index (χ4v) is 3.92. The molecule has 0 radical (unpaired) electrons. The van der Waals surface area contributed by atoms with Gasteiger partial charge in [-0.05, 0) is 23.8 Å². The monoisotopic (exact) mass is 355 g/mol. The van der Waals surface area contributed by atoms with Crippen LogP contribution < -0.4 is 4.72 Å². The van der Waals surface area contributed by atoms with E-state index in [9.17, 15) is 8.42 Å². The lowest BCUT2D eigenvalue weighted by Gasteiger charge is -2.08. The summed E-state index contributed by atoms with van der Waals surface area (Å²) in [6, 6.07) is 12.2. The lowest BCUT2D eigenvalue weighted by molar-refractivity contribution is 0.576. The van der Waals surface area contributed by atoms with Crippen LogP contribution in [0.4, 0.5) is 0 Å². The number of nitrogens with one attached hydrogen (secondary N) is 1. The number of rotatable bonds is 4. The molecular formula is C14H11Cl2N3O2S. The lowest BCUT2D eigenvalue weighted by atomic mass is 10.2. The summed E-state index contributed by atoms with van der Waals surface area (Å²) in [7, 11) is -3.83. The number of pyridine rings is 1. The molecule has 0 fully saturated rings. The van der Waals surface area contributed by atoms with Gasteiger partial charge in [0, 0.05) is 17.8 Å². The van der Waals surface area contributed by atoms with Crippen molar-refractivity contribution < 1.29 is 8.42 Å². The minimum atomic E-state index is -3.83. The molecule has 8 heteroatoms. The van der Waals surface area contributed by atoms with Gasteiger partial charge in [-0.1, -0.05) is 47.5 Å². The standard InChI is InChI=1S/C14H11Cl2N3O2S/c15-11-6-2-1-5-10(11)9-17-22(20,21)14-13(16)18-12-7-3-4-8-19(12)14/h1-8,17H,9H2. The third kappa shape index (κ3) is 2.83. The minimum Gasteiger partial charge on any atom is -0.288 e. The van der Waals surface area contributed by atoms with Crippen molar-refractivity contribution in [1.29, 1.82) is 0 Å². The van der Waals surface area contributed by atoms with Gasteiger partial charge in [0.2, 0.25) is 0 Å². The second-order valence-corrected chi connectivity index (χ2v) is 7.00. The number of halogens is 2. The van der Waals surface area contributed by atoms with Crippen LogP contribution in [0.3, 0.4) is 0 Å². The average Bonchev–Trinajstić information content (AvgIpc) is 2.83. The Bertz CT molecular complexity index is 938. The summed E-state index contributed by atoms with van der Waals surface area (Å²) in [5.41, 5.74) is 1.14. The van der Waals surface area contributed by atoms with Crippen LogP contribution in [0.1, 0.15) is 5.56 Å². The Hall–Kier alpha value is -1.60. The zero-order chi connectivity index (χ0) is 15.7. The van der Waals surface area contributed by atoms with Crippen molar-refractivity contribution in [3.63, 3.8) is 0 Å². The summed E-state index contributed by atoms with van der Waals surface area (Å²) >= 11 is 12.0. The summed E-state index contributed by atoms with van der Waals surface area (Å²) in [4.78, 5) is 4.04. The number of nitrogens with zero attached hydrogens (tertiary/aromatic N) is 2. The molecule has 0 spiro atoms. The van der Waals surface area contributed by atoms with E-state index in [0.717, 1.165) is 0 Å². The average molecular weight is 356 g/mol. The first-order chi connectivity index (χ1) is 10.5. The number of hydrogen-bond donors (Lipinski definition) is 1. The summed E-state index contributed by atoms with van der Waals surface area (Å²) in [5, 5.41) is 0.337. The number of hydrogen-bond acceptors (Lipinski definition) is 3. The third-order valence-electron chi connectivity index (χ3n) is 3.11. The molecular weight excluding hydrogens is 345 g/mol. The highest BCUT2D eigenvalue weighted by molar-refractivity contribution is 7.89. The van der Waals surface area contributed by atoms with Gasteiger partial charge in [-0.15, -0.1) is 0 Å². The van der Waals surface area contributed by atoms with Crippen LogP contribution in [0.2, 0.25) is 10.2 Å². The molecule has 2 heterocycles. The highest BCUT2D eigenvalue weighted by Gasteiger charge is 2.24. The number of sulfonamides is 1. The maximum atomic E-state index is 12.5. The van der Waals surface area contributed by atoms with Crippen molar-refractivity contribution in [2.45, 2.75) is 11.6 Å². The Morgan fingerprint density at radius 3 is 2.59 bits per heavy atom. The summed E-state index contributed by atoms with van der Waals surface area (Å²) < 4.78 is 28.9. The molecule has 0 aliphatic carbocycles. The normalized spacial score (nSPS) is 11.9. The zero-order valence-electron chi connectivity index (χ0n) is 11.2. The molecule has 0 unspecified atom stereocenters. The highest BCUT2D eigenvalue weighted by Crippen LogP contribution is 2.23. The summed E-state index contributed by atoms with van der Waals surface area (Å²) in [5.74, 6) is 0. The first-order valence-electron chi connectivity index (χ1n) is 6.35. The van der Waals surface area contributed by atoms with E-state index in [2.05, 4.69) is 9.71 Å². The van der Waals surface area contributed by atoms with Crippen LogP contribution in [0.25, 0.3) is 5.65 Å². The lowest BCUT2D eigenvalue weighted by Crippen LogP contribution is -2.25. The Morgan fingerprint density at radius 1 is 1.09 bits per heavy atom. The number of benzene rings is 1. The Labute approximate surface area is 137 Å². The smallest absolute Gasteiger partial charge is 0.260 e. The van der Waals surface area contributed by atoms with E-state index in [1.165, 1.54) is 4.40 Å². The van der Waals surface area contributed by atoms with Gasteiger partial charge < -0.3 is 0 Å². The van der Waals surface area contributed by atoms with Gasteiger partial charge in [-0.2, -0.15) is 0 Å². The van der Waals surface area contributed by atoms with Gasteiger partial charge in [0.15, 0.2) is 10.2 Å². The van der Waals surface area contributed by atoms with Crippen molar-refractivity contribution in [2.24, 2.45) is 0 Å². The quantitative estimate of drug-likeness (QED) is 0.781. The van der Waals surface area contributed by atoms with E-state index >= 15 is 0 Å². The predicted molar refractivity (Wildman–Crippen MR) is 85.7 cm³/mol. The second-order valence-electron chi connectivity index (χ2n) is 4.55. The first kappa shape index (κ1) is 15.3. The van der Waals surface area contributed by atoms with Crippen molar-refractivity contribution in [2.75, 3.05) is 0 Å². The molecule has 1 aromatic carbocycles. The molecule has 3 aromatic rings. The van der Waals surface area contributed by atoms with Gasteiger partial charge in [0.1, 0.15) is 5.65 Å². The van der Waals surface area contributed by atoms with Crippen molar-refractivity contribution in [3.05, 3.63) is 64.4 Å². The van der Waals surface area contributed by atoms with Crippen molar-refractivity contribution in [1.82, 2.24) is 14.1 Å². The maximum absolute atomic E-state index is 12.5. The molecule has 1 N–H and O–H groups in total. The van der Waals surface area contributed by atoms with E-state index in [1.54, 1.807) is 48.7 Å². The molecule has 0 atom stereocenters. The largest absolute Gasteiger partial charge is 0.288 e. The van der Waals surface area contributed by atoms with Gasteiger partial charge >= 0.3 is 0 Å². The van der Waals surface area contributed by atoms with Crippen LogP contribution in [-0.4, -0.2) is 17.8 Å². The molecule has 2 aromatic heterocycles. The maximum Gasteiger partial charge on any atom is 0.260 e. The molecule has 5 nitrogen and oxygen atoms in total. The Balaban J connectivity index is 1.96. The topological polar surface area (TPSA) is 63.5 Å². The Morgan fingerprint density at radius 2 is 1.82 bits per heavy atom. The van der Waals surface area contributed by atoms with Gasteiger partial charge in [0.25, 0.3) is 10.0 Å². The van der Waals surface area contributed by atoms with E-state index in [1.807, 2.05) is 0 Å². The first-order valence-corrected chi connectivity index (χ1v) is 8.58. The van der Waals surface area contributed by atoms with Crippen LogP contribution in [0.15, 0.2) is 53.7 Å². The molecule has 114 valence electrons. The van der Waals surface area contributed by atoms with E-state index in [0.29, 0.717) is 16.2 Å². The molecule has 3 rings (SSSR count). The van der Waals surface area contributed by atoms with Crippen LogP contribution >= 0.6 is 23.2 Å². The van der Waals surface area contributed by atoms with Gasteiger partial charge in [0.05, 0.1) is 0 Å². The van der Waals surface area contributed by atoms with E-state index in [4.69, 9.17) is 23.2 Å². The van der Waals surface area contributed by atoms with Crippen LogP contribution in [0, 0.1) is 0 Å². The molecule has 0 aliphatic rings. The molecule has 0 bridgehead atoms. The van der Waals surface area contributed by atoms with Crippen LogP contribution in [-0.2, 0) is 16.6 Å². The molecule has 0 saturated carbocycles. The fourth-order valence-electron chi connectivity index (χ4n) is 2.07.